The van der Waals surface area contributed by atoms with E-state index in [9.17, 15) is 0 Å². The van der Waals surface area contributed by atoms with Gasteiger partial charge in [0.05, 0.1) is 11.4 Å². The molecule has 0 saturated carbocycles. The second-order valence-corrected chi connectivity index (χ2v) is 12.2. The summed E-state index contributed by atoms with van der Waals surface area (Å²) in [6, 6.07) is 63.3. The summed E-state index contributed by atoms with van der Waals surface area (Å²) < 4.78 is 6.55. The number of hydrogen-bond donors (Lipinski definition) is 0. The minimum atomic E-state index is 0.688. The van der Waals surface area contributed by atoms with Gasteiger partial charge in [-0.05, 0) is 58.1 Å². The first-order valence-corrected chi connectivity index (χ1v) is 16.5. The molecule has 0 aliphatic heterocycles. The third kappa shape index (κ3) is 5.38. The molecule has 7 aromatic carbocycles. The highest BCUT2D eigenvalue weighted by Crippen LogP contribution is 2.41. The maximum atomic E-state index is 6.55. The van der Waals surface area contributed by atoms with Crippen LogP contribution in [0.15, 0.2) is 186 Å². The Labute approximate surface area is 284 Å². The van der Waals surface area contributed by atoms with E-state index in [-0.39, 0.29) is 0 Å². The minimum absolute atomic E-state index is 0.688. The fourth-order valence-corrected chi connectivity index (χ4v) is 6.73. The van der Waals surface area contributed by atoms with Crippen LogP contribution in [0.2, 0.25) is 0 Å². The van der Waals surface area contributed by atoms with Crippen LogP contribution in [0.4, 0.5) is 0 Å². The molecule has 0 spiro atoms. The SMILES string of the molecule is c1ccc(-c2cc(-c3cc(-c4ccccc4-c4ccccc4)cc(-c4cccc5c4oc4ccccc45)c3)nc(-c3ccccc3)n2)cc1. The van der Waals surface area contributed by atoms with E-state index in [4.69, 9.17) is 14.4 Å². The number of hydrogen-bond acceptors (Lipinski definition) is 3. The minimum Gasteiger partial charge on any atom is -0.455 e. The molecular formula is C46H30N2O. The number of furan rings is 1. The Bertz CT molecular complexity index is 2530. The van der Waals surface area contributed by atoms with E-state index in [0.29, 0.717) is 5.82 Å². The third-order valence-electron chi connectivity index (χ3n) is 9.09. The molecule has 3 nitrogen and oxygen atoms in total. The van der Waals surface area contributed by atoms with E-state index in [1.807, 2.05) is 48.5 Å². The molecule has 230 valence electrons. The van der Waals surface area contributed by atoms with Gasteiger partial charge in [0.15, 0.2) is 5.82 Å². The zero-order valence-electron chi connectivity index (χ0n) is 26.6. The molecule has 0 bridgehead atoms. The molecule has 0 fully saturated rings. The van der Waals surface area contributed by atoms with Crippen molar-refractivity contribution in [3.63, 3.8) is 0 Å². The number of para-hydroxylation sites is 2. The summed E-state index contributed by atoms with van der Waals surface area (Å²) in [4.78, 5) is 10.3. The van der Waals surface area contributed by atoms with Gasteiger partial charge in [-0.3, -0.25) is 0 Å². The average molecular weight is 627 g/mol. The molecule has 0 atom stereocenters. The van der Waals surface area contributed by atoms with Crippen LogP contribution in [0.1, 0.15) is 0 Å². The zero-order chi connectivity index (χ0) is 32.6. The number of nitrogens with zero attached hydrogens (tertiary/aromatic N) is 2. The molecule has 0 aliphatic carbocycles. The van der Waals surface area contributed by atoms with Gasteiger partial charge >= 0.3 is 0 Å². The summed E-state index contributed by atoms with van der Waals surface area (Å²) in [5.41, 5.74) is 13.2. The maximum absolute atomic E-state index is 6.55. The highest BCUT2D eigenvalue weighted by molar-refractivity contribution is 6.10. The van der Waals surface area contributed by atoms with Crippen molar-refractivity contribution in [2.45, 2.75) is 0 Å². The van der Waals surface area contributed by atoms with Crippen LogP contribution in [0.3, 0.4) is 0 Å². The Kier molecular flexibility index (Phi) is 7.14. The van der Waals surface area contributed by atoms with Gasteiger partial charge in [-0.25, -0.2) is 9.97 Å². The van der Waals surface area contributed by atoms with Crippen molar-refractivity contribution in [3.05, 3.63) is 182 Å². The van der Waals surface area contributed by atoms with Gasteiger partial charge in [0.2, 0.25) is 0 Å². The zero-order valence-corrected chi connectivity index (χ0v) is 26.6. The summed E-state index contributed by atoms with van der Waals surface area (Å²) in [5, 5.41) is 2.21. The number of benzene rings is 7. The molecule has 2 heterocycles. The number of aromatic nitrogens is 2. The first-order chi connectivity index (χ1) is 24.3. The molecule has 0 saturated heterocycles. The van der Waals surface area contributed by atoms with E-state index in [1.54, 1.807) is 0 Å². The van der Waals surface area contributed by atoms with Crippen molar-refractivity contribution >= 4 is 21.9 Å². The van der Waals surface area contributed by atoms with E-state index in [1.165, 1.54) is 11.1 Å². The molecule has 0 radical (unpaired) electrons. The van der Waals surface area contributed by atoms with Gasteiger partial charge in [0.1, 0.15) is 11.2 Å². The van der Waals surface area contributed by atoms with Crippen molar-refractivity contribution < 1.29 is 4.42 Å². The first kappa shape index (κ1) is 28.6. The van der Waals surface area contributed by atoms with Crippen molar-refractivity contribution in [1.82, 2.24) is 9.97 Å². The van der Waals surface area contributed by atoms with Crippen LogP contribution in [0.5, 0.6) is 0 Å². The summed E-state index contributed by atoms with van der Waals surface area (Å²) in [5.74, 6) is 0.688. The lowest BCUT2D eigenvalue weighted by Gasteiger charge is -2.15. The number of fused-ring (bicyclic) bond motifs is 3. The normalized spacial score (nSPS) is 11.3. The smallest absolute Gasteiger partial charge is 0.160 e. The standard InChI is InChI=1S/C46H30N2O/c1-4-15-31(16-5-1)37-21-10-11-22-38(37)34-27-35(39-24-14-25-41-40-23-12-13-26-44(40)49-45(39)41)29-36(28-34)43-30-42(32-17-6-2-7-18-32)47-46(48-43)33-19-8-3-9-20-33/h1-30H. The summed E-state index contributed by atoms with van der Waals surface area (Å²) in [6.45, 7) is 0. The van der Waals surface area contributed by atoms with Crippen LogP contribution in [0.25, 0.3) is 89.2 Å². The molecule has 9 aromatic rings. The van der Waals surface area contributed by atoms with Crippen molar-refractivity contribution in [2.24, 2.45) is 0 Å². The Morgan fingerprint density at radius 1 is 0.327 bits per heavy atom. The lowest BCUT2D eigenvalue weighted by atomic mass is 9.90. The molecule has 0 N–H and O–H groups in total. The molecule has 3 heteroatoms. The van der Waals surface area contributed by atoms with Gasteiger partial charge in [-0.15, -0.1) is 0 Å². The molecule has 0 unspecified atom stereocenters. The first-order valence-electron chi connectivity index (χ1n) is 16.5. The van der Waals surface area contributed by atoms with Gasteiger partial charge in [0.25, 0.3) is 0 Å². The number of rotatable bonds is 6. The third-order valence-corrected chi connectivity index (χ3v) is 9.09. The molecule has 0 aliphatic rings. The molecular weight excluding hydrogens is 597 g/mol. The van der Waals surface area contributed by atoms with E-state index in [2.05, 4.69) is 133 Å². The Morgan fingerprint density at radius 3 is 1.53 bits per heavy atom. The summed E-state index contributed by atoms with van der Waals surface area (Å²) in [6.07, 6.45) is 0. The predicted molar refractivity (Wildman–Crippen MR) is 202 cm³/mol. The van der Waals surface area contributed by atoms with E-state index < -0.39 is 0 Å². The topological polar surface area (TPSA) is 38.9 Å². The van der Waals surface area contributed by atoms with E-state index in [0.717, 1.165) is 72.3 Å². The van der Waals surface area contributed by atoms with Crippen LogP contribution in [-0.2, 0) is 0 Å². The quantitative estimate of drug-likeness (QED) is 0.184. The average Bonchev–Trinajstić information content (AvgIpc) is 3.58. The van der Waals surface area contributed by atoms with Crippen LogP contribution in [0, 0.1) is 0 Å². The van der Waals surface area contributed by atoms with Gasteiger partial charge in [-0.1, -0.05) is 152 Å². The van der Waals surface area contributed by atoms with Crippen LogP contribution >= 0.6 is 0 Å². The molecule has 9 rings (SSSR count). The molecule has 49 heavy (non-hydrogen) atoms. The Balaban J connectivity index is 1.32. The van der Waals surface area contributed by atoms with Gasteiger partial charge in [-0.2, -0.15) is 0 Å². The highest BCUT2D eigenvalue weighted by Gasteiger charge is 2.18. The van der Waals surface area contributed by atoms with Gasteiger partial charge in [0, 0.05) is 33.0 Å². The fraction of sp³-hybridized carbons (Fsp3) is 0. The summed E-state index contributed by atoms with van der Waals surface area (Å²) in [7, 11) is 0. The lowest BCUT2D eigenvalue weighted by Crippen LogP contribution is -1.96. The van der Waals surface area contributed by atoms with Crippen molar-refractivity contribution in [3.8, 4) is 67.3 Å². The van der Waals surface area contributed by atoms with Crippen LogP contribution < -0.4 is 0 Å². The van der Waals surface area contributed by atoms with Crippen molar-refractivity contribution in [2.75, 3.05) is 0 Å². The Morgan fingerprint density at radius 2 is 0.816 bits per heavy atom. The second kappa shape index (κ2) is 12.2. The van der Waals surface area contributed by atoms with E-state index >= 15 is 0 Å². The molecule has 2 aromatic heterocycles. The monoisotopic (exact) mass is 626 g/mol. The maximum Gasteiger partial charge on any atom is 0.160 e. The second-order valence-electron chi connectivity index (χ2n) is 12.2. The van der Waals surface area contributed by atoms with Gasteiger partial charge < -0.3 is 4.42 Å². The largest absolute Gasteiger partial charge is 0.455 e. The lowest BCUT2D eigenvalue weighted by molar-refractivity contribution is 0.670. The van der Waals surface area contributed by atoms with Crippen LogP contribution in [-0.4, -0.2) is 9.97 Å². The van der Waals surface area contributed by atoms with Crippen molar-refractivity contribution in [1.29, 1.82) is 0 Å². The molecule has 0 amide bonds. The fourth-order valence-electron chi connectivity index (χ4n) is 6.73. The summed E-state index contributed by atoms with van der Waals surface area (Å²) >= 11 is 0. The highest BCUT2D eigenvalue weighted by atomic mass is 16.3. The predicted octanol–water partition coefficient (Wildman–Crippen LogP) is 12.4. The Hall–Kier alpha value is -6.58.